The van der Waals surface area contributed by atoms with Gasteiger partial charge in [0.1, 0.15) is 16.7 Å². The van der Waals surface area contributed by atoms with Gasteiger partial charge in [-0.2, -0.15) is 5.26 Å². The van der Waals surface area contributed by atoms with Gasteiger partial charge in [0.05, 0.1) is 17.4 Å². The van der Waals surface area contributed by atoms with E-state index in [0.717, 1.165) is 16.7 Å². The fourth-order valence-electron chi connectivity index (χ4n) is 4.19. The third-order valence-electron chi connectivity index (χ3n) is 6.13. The summed E-state index contributed by atoms with van der Waals surface area (Å²) in [5, 5.41) is 12.7. The van der Waals surface area contributed by atoms with E-state index in [9.17, 15) is 19.6 Å². The van der Waals surface area contributed by atoms with Crippen molar-refractivity contribution in [3.63, 3.8) is 0 Å². The lowest BCUT2D eigenvalue weighted by Crippen LogP contribution is -2.31. The Morgan fingerprint density at radius 3 is 2.26 bits per heavy atom. The number of esters is 1. The van der Waals surface area contributed by atoms with E-state index in [4.69, 9.17) is 4.74 Å². The van der Waals surface area contributed by atoms with Crippen LogP contribution >= 0.6 is 11.8 Å². The van der Waals surface area contributed by atoms with Crippen LogP contribution in [0, 0.1) is 25.2 Å². The zero-order chi connectivity index (χ0) is 27.2. The van der Waals surface area contributed by atoms with Crippen molar-refractivity contribution in [3.8, 4) is 6.07 Å². The highest BCUT2D eigenvalue weighted by Gasteiger charge is 2.40. The maximum Gasteiger partial charge on any atom is 0.338 e. The Balaban J connectivity index is 1.67. The third kappa shape index (κ3) is 5.63. The minimum Gasteiger partial charge on any atom is -0.462 e. The standard InChI is InChI=1S/C30H27N3O4S/c1-4-37-30(36)22-15-13-21(14-16-22)17-25-28(35)33(23-11-6-5-7-12-23)29(38-25)24(18-31)27(34)32-26-19(2)9-8-10-20(26)3/h5-16,25H,4,17H2,1-3H3,(H,32,34)/b29-24-/t25-/m1/s1. The van der Waals surface area contributed by atoms with Gasteiger partial charge in [-0.15, -0.1) is 0 Å². The molecule has 3 aromatic rings. The first-order chi connectivity index (χ1) is 18.3. The van der Waals surface area contributed by atoms with Crippen molar-refractivity contribution in [1.29, 1.82) is 5.26 Å². The van der Waals surface area contributed by atoms with Crippen molar-refractivity contribution in [1.82, 2.24) is 0 Å². The molecule has 3 aromatic carbocycles. The molecule has 8 heteroatoms. The molecule has 0 spiro atoms. The Bertz CT molecular complexity index is 1420. The summed E-state index contributed by atoms with van der Waals surface area (Å²) in [6, 6.07) is 23.6. The Labute approximate surface area is 226 Å². The Kier molecular flexibility index (Phi) is 8.29. The SMILES string of the molecule is CCOC(=O)c1ccc(C[C@H]2S/C(=C(/C#N)C(=O)Nc3c(C)cccc3C)N(c3ccccc3)C2=O)cc1. The van der Waals surface area contributed by atoms with Crippen LogP contribution in [0.25, 0.3) is 0 Å². The molecule has 1 saturated heterocycles. The van der Waals surface area contributed by atoms with E-state index in [1.54, 1.807) is 55.5 Å². The minimum absolute atomic E-state index is 0.130. The molecule has 4 rings (SSSR count). The normalized spacial score (nSPS) is 16.1. The molecular formula is C30H27N3O4S. The number of nitriles is 1. The van der Waals surface area contributed by atoms with Gasteiger partial charge in [-0.3, -0.25) is 14.5 Å². The van der Waals surface area contributed by atoms with E-state index < -0.39 is 17.1 Å². The van der Waals surface area contributed by atoms with Gasteiger partial charge in [0.15, 0.2) is 0 Å². The number of rotatable bonds is 7. The van der Waals surface area contributed by atoms with E-state index in [0.29, 0.717) is 28.4 Å². The largest absolute Gasteiger partial charge is 0.462 e. The van der Waals surface area contributed by atoms with Gasteiger partial charge in [0, 0.05) is 11.4 Å². The van der Waals surface area contributed by atoms with Gasteiger partial charge in [-0.25, -0.2) is 4.79 Å². The maximum absolute atomic E-state index is 13.6. The highest BCUT2D eigenvalue weighted by atomic mass is 32.2. The number of ether oxygens (including phenoxy) is 1. The highest BCUT2D eigenvalue weighted by molar-refractivity contribution is 8.05. The van der Waals surface area contributed by atoms with Crippen LogP contribution in [0.3, 0.4) is 0 Å². The fraction of sp³-hybridized carbons (Fsp3) is 0.200. The first-order valence-electron chi connectivity index (χ1n) is 12.2. The lowest BCUT2D eigenvalue weighted by Gasteiger charge is -2.19. The quantitative estimate of drug-likeness (QED) is 0.247. The smallest absolute Gasteiger partial charge is 0.338 e. The van der Waals surface area contributed by atoms with Crippen LogP contribution in [0.15, 0.2) is 83.4 Å². The van der Waals surface area contributed by atoms with Gasteiger partial charge in [-0.05, 0) is 68.1 Å². The number of hydrogen-bond donors (Lipinski definition) is 1. The summed E-state index contributed by atoms with van der Waals surface area (Å²) in [5.74, 6) is -1.20. The zero-order valence-corrected chi connectivity index (χ0v) is 22.2. The Morgan fingerprint density at radius 2 is 1.66 bits per heavy atom. The average molecular weight is 526 g/mol. The number of aryl methyl sites for hydroxylation is 2. The van der Waals surface area contributed by atoms with Gasteiger partial charge in [-0.1, -0.05) is 60.3 Å². The number of para-hydroxylation sites is 2. The summed E-state index contributed by atoms with van der Waals surface area (Å²) < 4.78 is 5.04. The first kappa shape index (κ1) is 26.7. The number of carbonyl (C=O) groups is 3. The zero-order valence-electron chi connectivity index (χ0n) is 21.4. The second kappa shape index (κ2) is 11.8. The summed E-state index contributed by atoms with van der Waals surface area (Å²) in [6.07, 6.45) is 0.358. The molecule has 0 unspecified atom stereocenters. The molecule has 7 nitrogen and oxygen atoms in total. The molecule has 38 heavy (non-hydrogen) atoms. The summed E-state index contributed by atoms with van der Waals surface area (Å²) in [6.45, 7) is 5.80. The third-order valence-corrected chi connectivity index (χ3v) is 7.39. The number of carbonyl (C=O) groups excluding carboxylic acids is 3. The van der Waals surface area contributed by atoms with Crippen molar-refractivity contribution in [2.24, 2.45) is 0 Å². The summed E-state index contributed by atoms with van der Waals surface area (Å²) in [5.41, 5.74) is 4.12. The Hall–Kier alpha value is -4.35. The van der Waals surface area contributed by atoms with Crippen molar-refractivity contribution >= 4 is 40.9 Å². The van der Waals surface area contributed by atoms with Crippen LogP contribution in [0.5, 0.6) is 0 Å². The molecule has 1 atom stereocenters. The van der Waals surface area contributed by atoms with Crippen LogP contribution in [0.4, 0.5) is 11.4 Å². The molecule has 0 aromatic heterocycles. The average Bonchev–Trinajstić information content (AvgIpc) is 3.23. The molecule has 0 bridgehead atoms. The minimum atomic E-state index is -0.569. The summed E-state index contributed by atoms with van der Waals surface area (Å²) in [4.78, 5) is 40.4. The molecule has 192 valence electrons. The van der Waals surface area contributed by atoms with Crippen LogP contribution in [0.1, 0.15) is 34.0 Å². The van der Waals surface area contributed by atoms with E-state index in [-0.39, 0.29) is 18.1 Å². The molecule has 1 heterocycles. The molecule has 0 radical (unpaired) electrons. The highest BCUT2D eigenvalue weighted by Crippen LogP contribution is 2.42. The second-order valence-corrected chi connectivity index (χ2v) is 9.94. The Morgan fingerprint density at radius 1 is 1.00 bits per heavy atom. The number of nitrogens with zero attached hydrogens (tertiary/aromatic N) is 2. The summed E-state index contributed by atoms with van der Waals surface area (Å²) in [7, 11) is 0. The summed E-state index contributed by atoms with van der Waals surface area (Å²) >= 11 is 1.20. The van der Waals surface area contributed by atoms with Crippen LogP contribution in [0.2, 0.25) is 0 Å². The topological polar surface area (TPSA) is 99.5 Å². The predicted molar refractivity (Wildman–Crippen MR) is 149 cm³/mol. The number of thioether (sulfide) groups is 1. The number of anilines is 2. The van der Waals surface area contributed by atoms with Gasteiger partial charge < -0.3 is 10.1 Å². The second-order valence-electron chi connectivity index (χ2n) is 8.75. The number of amides is 2. The predicted octanol–water partition coefficient (Wildman–Crippen LogP) is 5.55. The van der Waals surface area contributed by atoms with Gasteiger partial charge in [0.2, 0.25) is 5.91 Å². The van der Waals surface area contributed by atoms with Crippen molar-refractivity contribution in [2.45, 2.75) is 32.4 Å². The van der Waals surface area contributed by atoms with Crippen LogP contribution in [-0.4, -0.2) is 29.6 Å². The number of nitrogens with one attached hydrogen (secondary N) is 1. The van der Waals surface area contributed by atoms with Crippen molar-refractivity contribution in [3.05, 3.63) is 106 Å². The fourth-order valence-corrected chi connectivity index (χ4v) is 5.50. The lowest BCUT2D eigenvalue weighted by atomic mass is 10.1. The number of benzene rings is 3. The van der Waals surface area contributed by atoms with E-state index in [1.165, 1.54) is 16.7 Å². The first-order valence-corrected chi connectivity index (χ1v) is 13.1. The molecular weight excluding hydrogens is 498 g/mol. The molecule has 2 amide bonds. The maximum atomic E-state index is 13.6. The van der Waals surface area contributed by atoms with E-state index >= 15 is 0 Å². The van der Waals surface area contributed by atoms with Crippen molar-refractivity contribution in [2.75, 3.05) is 16.8 Å². The lowest BCUT2D eigenvalue weighted by molar-refractivity contribution is -0.117. The van der Waals surface area contributed by atoms with E-state index in [2.05, 4.69) is 5.32 Å². The van der Waals surface area contributed by atoms with Crippen molar-refractivity contribution < 1.29 is 19.1 Å². The molecule has 0 aliphatic carbocycles. The molecule has 1 aliphatic heterocycles. The van der Waals surface area contributed by atoms with Crippen LogP contribution < -0.4 is 10.2 Å². The van der Waals surface area contributed by atoms with Gasteiger partial charge >= 0.3 is 5.97 Å². The van der Waals surface area contributed by atoms with Crippen LogP contribution in [-0.2, 0) is 20.7 Å². The molecule has 1 fully saturated rings. The molecule has 0 saturated carbocycles. The van der Waals surface area contributed by atoms with Gasteiger partial charge in [0.25, 0.3) is 5.91 Å². The molecule has 1 aliphatic rings. The molecule has 1 N–H and O–H groups in total. The number of hydrogen-bond acceptors (Lipinski definition) is 6. The monoisotopic (exact) mass is 525 g/mol. The van der Waals surface area contributed by atoms with E-state index in [1.807, 2.05) is 44.2 Å².